The first-order chi connectivity index (χ1) is 9.67. The van der Waals surface area contributed by atoms with Gasteiger partial charge in [-0.3, -0.25) is 4.98 Å². The zero-order valence-electron chi connectivity index (χ0n) is 11.4. The fraction of sp³-hybridized carbons (Fsp3) is 0.267. The number of hydrogen-bond donors (Lipinski definition) is 1. The van der Waals surface area contributed by atoms with Gasteiger partial charge in [0.15, 0.2) is 0 Å². The molecule has 2 aromatic rings. The van der Waals surface area contributed by atoms with E-state index >= 15 is 0 Å². The molecule has 0 aliphatic rings. The van der Waals surface area contributed by atoms with Crippen LogP contribution < -0.4 is 10.1 Å². The summed E-state index contributed by atoms with van der Waals surface area (Å²) in [6.45, 7) is 2.77. The number of pyridine rings is 1. The van der Waals surface area contributed by atoms with Gasteiger partial charge in [0.05, 0.1) is 13.2 Å². The molecule has 0 saturated carbocycles. The first-order valence-corrected chi connectivity index (χ1v) is 7.14. The lowest BCUT2D eigenvalue weighted by Gasteiger charge is -2.21. The number of rotatable bonds is 5. The number of nitrogens with one attached hydrogen (secondary N) is 1. The summed E-state index contributed by atoms with van der Waals surface area (Å²) in [5.74, 6) is 0.429. The van der Waals surface area contributed by atoms with E-state index in [1.165, 1.54) is 12.1 Å². The number of halogens is 2. The Morgan fingerprint density at radius 2 is 2.20 bits per heavy atom. The lowest BCUT2D eigenvalue weighted by atomic mass is 10.0. The van der Waals surface area contributed by atoms with E-state index in [0.29, 0.717) is 10.2 Å². The van der Waals surface area contributed by atoms with Crippen LogP contribution in [0.1, 0.15) is 24.2 Å². The monoisotopic (exact) mass is 338 g/mol. The highest BCUT2D eigenvalue weighted by Crippen LogP contribution is 2.32. The maximum atomic E-state index is 13.3. The van der Waals surface area contributed by atoms with E-state index in [2.05, 4.69) is 26.2 Å². The van der Waals surface area contributed by atoms with E-state index in [1.807, 2.05) is 19.1 Å². The molecule has 1 atom stereocenters. The van der Waals surface area contributed by atoms with Crippen molar-refractivity contribution in [2.24, 2.45) is 0 Å². The summed E-state index contributed by atoms with van der Waals surface area (Å²) in [6.07, 6.45) is 1.72. The zero-order chi connectivity index (χ0) is 14.5. The molecule has 0 spiro atoms. The third kappa shape index (κ3) is 3.16. The van der Waals surface area contributed by atoms with Crippen molar-refractivity contribution in [3.05, 3.63) is 58.1 Å². The standard InChI is InChI=1S/C15H16BrFN2O/c1-3-18-14(11-7-6-10(17)9-12(11)16)15-13(20-2)5-4-8-19-15/h4-9,14,18H,3H2,1-2H3. The molecule has 106 valence electrons. The second kappa shape index (κ2) is 6.81. The minimum absolute atomic E-state index is 0.161. The van der Waals surface area contributed by atoms with Gasteiger partial charge < -0.3 is 10.1 Å². The third-order valence-electron chi connectivity index (χ3n) is 2.97. The first kappa shape index (κ1) is 14.9. The van der Waals surface area contributed by atoms with Crippen molar-refractivity contribution in [3.8, 4) is 5.75 Å². The Morgan fingerprint density at radius 3 is 2.85 bits per heavy atom. The van der Waals surface area contributed by atoms with E-state index < -0.39 is 0 Å². The molecule has 0 fully saturated rings. The number of benzene rings is 1. The predicted molar refractivity (Wildman–Crippen MR) is 80.4 cm³/mol. The molecule has 0 saturated heterocycles. The van der Waals surface area contributed by atoms with Crippen LogP contribution in [0.2, 0.25) is 0 Å². The first-order valence-electron chi connectivity index (χ1n) is 6.34. The maximum absolute atomic E-state index is 13.3. The molecule has 3 nitrogen and oxygen atoms in total. The van der Waals surface area contributed by atoms with Crippen molar-refractivity contribution >= 4 is 15.9 Å². The maximum Gasteiger partial charge on any atom is 0.142 e. The molecule has 0 bridgehead atoms. The van der Waals surface area contributed by atoms with Gasteiger partial charge in [-0.25, -0.2) is 4.39 Å². The van der Waals surface area contributed by atoms with E-state index in [9.17, 15) is 4.39 Å². The molecule has 5 heteroatoms. The van der Waals surface area contributed by atoms with Gasteiger partial charge in [-0.2, -0.15) is 0 Å². The van der Waals surface area contributed by atoms with Crippen LogP contribution in [0.5, 0.6) is 5.75 Å². The third-order valence-corrected chi connectivity index (χ3v) is 3.66. The molecular formula is C15H16BrFN2O. The number of nitrogens with zero attached hydrogens (tertiary/aromatic N) is 1. The van der Waals surface area contributed by atoms with Crippen LogP contribution in [0.4, 0.5) is 4.39 Å². The fourth-order valence-electron chi connectivity index (χ4n) is 2.09. The summed E-state index contributed by atoms with van der Waals surface area (Å²) in [5.41, 5.74) is 1.70. The quantitative estimate of drug-likeness (QED) is 0.902. The Bertz CT molecular complexity index is 592. The summed E-state index contributed by atoms with van der Waals surface area (Å²) >= 11 is 3.41. The second-order valence-corrected chi connectivity index (χ2v) is 5.10. The van der Waals surface area contributed by atoms with E-state index in [0.717, 1.165) is 17.8 Å². The molecule has 0 aliphatic heterocycles. The van der Waals surface area contributed by atoms with Crippen molar-refractivity contribution in [2.45, 2.75) is 13.0 Å². The van der Waals surface area contributed by atoms with Gasteiger partial charge in [0, 0.05) is 10.7 Å². The highest BCUT2D eigenvalue weighted by atomic mass is 79.9. The smallest absolute Gasteiger partial charge is 0.142 e. The zero-order valence-corrected chi connectivity index (χ0v) is 12.9. The summed E-state index contributed by atoms with van der Waals surface area (Å²) in [5, 5.41) is 3.36. The average Bonchev–Trinajstić information content (AvgIpc) is 2.45. The lowest BCUT2D eigenvalue weighted by molar-refractivity contribution is 0.400. The Kier molecular flexibility index (Phi) is 5.09. The topological polar surface area (TPSA) is 34.2 Å². The van der Waals surface area contributed by atoms with Crippen LogP contribution in [0.3, 0.4) is 0 Å². The number of aromatic nitrogens is 1. The van der Waals surface area contributed by atoms with Gasteiger partial charge >= 0.3 is 0 Å². The summed E-state index contributed by atoms with van der Waals surface area (Å²) < 4.78 is 19.3. The molecular weight excluding hydrogens is 323 g/mol. The Hall–Kier alpha value is -1.46. The van der Waals surface area contributed by atoms with Crippen LogP contribution in [-0.2, 0) is 0 Å². The highest BCUT2D eigenvalue weighted by molar-refractivity contribution is 9.10. The lowest BCUT2D eigenvalue weighted by Crippen LogP contribution is -2.24. The second-order valence-electron chi connectivity index (χ2n) is 4.25. The number of hydrogen-bond acceptors (Lipinski definition) is 3. The van der Waals surface area contributed by atoms with Crippen molar-refractivity contribution in [2.75, 3.05) is 13.7 Å². The Balaban J connectivity index is 2.50. The largest absolute Gasteiger partial charge is 0.495 e. The summed E-state index contributed by atoms with van der Waals surface area (Å²) in [6, 6.07) is 8.18. The van der Waals surface area contributed by atoms with Gasteiger partial charge in [0.1, 0.15) is 17.3 Å². The van der Waals surface area contributed by atoms with Gasteiger partial charge in [0.2, 0.25) is 0 Å². The van der Waals surface area contributed by atoms with E-state index in [1.54, 1.807) is 19.4 Å². The van der Waals surface area contributed by atoms with Crippen LogP contribution in [-0.4, -0.2) is 18.6 Å². The molecule has 2 rings (SSSR count). The Morgan fingerprint density at radius 1 is 1.40 bits per heavy atom. The van der Waals surface area contributed by atoms with Gasteiger partial charge in [-0.05, 0) is 36.4 Å². The molecule has 1 heterocycles. The van der Waals surface area contributed by atoms with Crippen LogP contribution in [0.25, 0.3) is 0 Å². The van der Waals surface area contributed by atoms with E-state index in [-0.39, 0.29) is 11.9 Å². The average molecular weight is 339 g/mol. The molecule has 20 heavy (non-hydrogen) atoms. The van der Waals surface area contributed by atoms with Crippen molar-refractivity contribution in [1.82, 2.24) is 10.3 Å². The minimum atomic E-state index is -0.274. The molecule has 1 aromatic carbocycles. The SMILES string of the molecule is CCNC(c1ccc(F)cc1Br)c1ncccc1OC. The molecule has 1 N–H and O–H groups in total. The molecule has 0 aliphatic carbocycles. The molecule has 1 aromatic heterocycles. The van der Waals surface area contributed by atoms with Crippen molar-refractivity contribution < 1.29 is 9.13 Å². The van der Waals surface area contributed by atoms with Crippen molar-refractivity contribution in [1.29, 1.82) is 0 Å². The highest BCUT2D eigenvalue weighted by Gasteiger charge is 2.21. The number of methoxy groups -OCH3 is 1. The Labute approximate surface area is 126 Å². The van der Waals surface area contributed by atoms with E-state index in [4.69, 9.17) is 4.74 Å². The summed E-state index contributed by atoms with van der Waals surface area (Å²) in [7, 11) is 1.61. The van der Waals surface area contributed by atoms with Crippen LogP contribution >= 0.6 is 15.9 Å². The normalized spacial score (nSPS) is 12.2. The fourth-order valence-corrected chi connectivity index (χ4v) is 2.67. The summed E-state index contributed by atoms with van der Waals surface area (Å²) in [4.78, 5) is 4.41. The minimum Gasteiger partial charge on any atom is -0.495 e. The molecule has 0 amide bonds. The molecule has 1 unspecified atom stereocenters. The number of ether oxygens (including phenoxy) is 1. The predicted octanol–water partition coefficient (Wildman–Crippen LogP) is 3.69. The molecule has 0 radical (unpaired) electrons. The van der Waals surface area contributed by atoms with Crippen LogP contribution in [0.15, 0.2) is 41.0 Å². The van der Waals surface area contributed by atoms with Gasteiger partial charge in [-0.1, -0.05) is 28.9 Å². The van der Waals surface area contributed by atoms with Gasteiger partial charge in [0.25, 0.3) is 0 Å². The van der Waals surface area contributed by atoms with Crippen LogP contribution in [0, 0.1) is 5.82 Å². The van der Waals surface area contributed by atoms with Gasteiger partial charge in [-0.15, -0.1) is 0 Å². The van der Waals surface area contributed by atoms with Crippen molar-refractivity contribution in [3.63, 3.8) is 0 Å².